The Kier molecular flexibility index (Phi) is 8.63. The highest BCUT2D eigenvalue weighted by Gasteiger charge is 2.28. The summed E-state index contributed by atoms with van der Waals surface area (Å²) in [7, 11) is 1.73. The number of nitrogens with zero attached hydrogens (tertiary/aromatic N) is 1. The van der Waals surface area contributed by atoms with E-state index in [-0.39, 0.29) is 37.0 Å². The number of likely N-dealkylation sites (N-methyl/N-ethyl adjacent to an activating group) is 1. The van der Waals surface area contributed by atoms with Gasteiger partial charge in [-0.2, -0.15) is 0 Å². The number of halogens is 2. The van der Waals surface area contributed by atoms with Crippen molar-refractivity contribution in [2.75, 3.05) is 26.7 Å². The Hall–Kier alpha value is 0.460. The minimum Gasteiger partial charge on any atom is -0.378 e. The molecular weight excluding hydrogens is 199 g/mol. The minimum atomic E-state index is 0. The van der Waals surface area contributed by atoms with Gasteiger partial charge in [-0.25, -0.2) is 0 Å². The Bertz CT molecular complexity index is 116. The summed E-state index contributed by atoms with van der Waals surface area (Å²) in [6.45, 7) is 5.20. The summed E-state index contributed by atoms with van der Waals surface area (Å²) in [5.41, 5.74) is 5.79. The molecule has 2 N–H and O–H groups in total. The Morgan fingerprint density at radius 2 is 2.00 bits per heavy atom. The van der Waals surface area contributed by atoms with E-state index < -0.39 is 0 Å². The predicted octanol–water partition coefficient (Wildman–Crippen LogP) is 0.508. The van der Waals surface area contributed by atoms with Crippen LogP contribution >= 0.6 is 24.8 Å². The number of methoxy groups -OCH3 is 1. The van der Waals surface area contributed by atoms with E-state index in [2.05, 4.69) is 11.8 Å². The van der Waals surface area contributed by atoms with Crippen LogP contribution in [0.2, 0.25) is 0 Å². The van der Waals surface area contributed by atoms with Crippen LogP contribution in [0.3, 0.4) is 0 Å². The van der Waals surface area contributed by atoms with Crippen molar-refractivity contribution >= 4 is 24.8 Å². The summed E-state index contributed by atoms with van der Waals surface area (Å²) in [6.07, 6.45) is 0.250. The Balaban J connectivity index is 0. The van der Waals surface area contributed by atoms with Gasteiger partial charge in [-0.3, -0.25) is 4.90 Å². The van der Waals surface area contributed by atoms with Crippen LogP contribution in [0.1, 0.15) is 6.92 Å². The van der Waals surface area contributed by atoms with Gasteiger partial charge >= 0.3 is 0 Å². The number of ether oxygens (including phenoxy) is 1. The average molecular weight is 217 g/mol. The van der Waals surface area contributed by atoms with E-state index >= 15 is 0 Å². The zero-order chi connectivity index (χ0) is 7.56. The van der Waals surface area contributed by atoms with Gasteiger partial charge < -0.3 is 10.5 Å². The third-order valence-corrected chi connectivity index (χ3v) is 2.13. The smallest absolute Gasteiger partial charge is 0.0861 e. The Morgan fingerprint density at radius 1 is 1.42 bits per heavy atom. The van der Waals surface area contributed by atoms with E-state index in [1.165, 1.54) is 0 Å². The molecule has 5 heteroatoms. The highest BCUT2D eigenvalue weighted by Crippen LogP contribution is 2.09. The lowest BCUT2D eigenvalue weighted by molar-refractivity contribution is 0.0988. The molecule has 1 saturated heterocycles. The van der Waals surface area contributed by atoms with Crippen LogP contribution in [0.4, 0.5) is 0 Å². The third-order valence-electron chi connectivity index (χ3n) is 2.13. The highest BCUT2D eigenvalue weighted by atomic mass is 35.5. The first-order valence-electron chi connectivity index (χ1n) is 3.78. The number of rotatable bonds is 2. The maximum atomic E-state index is 5.79. The maximum Gasteiger partial charge on any atom is 0.0861 e. The highest BCUT2D eigenvalue weighted by molar-refractivity contribution is 5.85. The maximum absolute atomic E-state index is 5.79. The molecule has 0 bridgehead atoms. The minimum absolute atomic E-state index is 0. The molecule has 3 nitrogen and oxygen atoms in total. The van der Waals surface area contributed by atoms with Crippen molar-refractivity contribution in [1.29, 1.82) is 0 Å². The van der Waals surface area contributed by atoms with Gasteiger partial charge in [0.15, 0.2) is 0 Å². The number of hydrogen-bond acceptors (Lipinski definition) is 3. The zero-order valence-electron chi connectivity index (χ0n) is 7.53. The van der Waals surface area contributed by atoms with Crippen LogP contribution in [-0.4, -0.2) is 43.8 Å². The zero-order valence-corrected chi connectivity index (χ0v) is 9.16. The van der Waals surface area contributed by atoms with Crippen molar-refractivity contribution in [3.05, 3.63) is 0 Å². The van der Waals surface area contributed by atoms with Crippen LogP contribution in [0.5, 0.6) is 0 Å². The second kappa shape index (κ2) is 6.92. The molecule has 76 valence electrons. The summed E-state index contributed by atoms with van der Waals surface area (Å²) >= 11 is 0. The molecule has 0 aromatic heterocycles. The van der Waals surface area contributed by atoms with Crippen molar-refractivity contribution in [3.63, 3.8) is 0 Å². The fraction of sp³-hybridized carbons (Fsp3) is 1.00. The lowest BCUT2D eigenvalue weighted by Crippen LogP contribution is -2.34. The molecule has 2 atom stereocenters. The lowest BCUT2D eigenvalue weighted by Gasteiger charge is -2.11. The topological polar surface area (TPSA) is 38.5 Å². The molecule has 1 aliphatic heterocycles. The Morgan fingerprint density at radius 3 is 2.25 bits per heavy atom. The van der Waals surface area contributed by atoms with E-state index in [0.717, 1.165) is 19.6 Å². The van der Waals surface area contributed by atoms with E-state index in [9.17, 15) is 0 Å². The van der Waals surface area contributed by atoms with Gasteiger partial charge in [0.1, 0.15) is 0 Å². The van der Waals surface area contributed by atoms with Gasteiger partial charge in [-0.15, -0.1) is 24.8 Å². The molecule has 12 heavy (non-hydrogen) atoms. The summed E-state index contributed by atoms with van der Waals surface area (Å²) < 4.78 is 5.19. The molecule has 1 heterocycles. The van der Waals surface area contributed by atoms with Gasteiger partial charge in [0.2, 0.25) is 0 Å². The second-order valence-corrected chi connectivity index (χ2v) is 2.79. The SMILES string of the molecule is CCN1CC(N)C(OC)C1.Cl.Cl. The van der Waals surface area contributed by atoms with Gasteiger partial charge in [-0.1, -0.05) is 6.92 Å². The van der Waals surface area contributed by atoms with Gasteiger partial charge in [-0.05, 0) is 6.54 Å². The molecule has 0 amide bonds. The number of likely N-dealkylation sites (tertiary alicyclic amines) is 1. The van der Waals surface area contributed by atoms with Gasteiger partial charge in [0.25, 0.3) is 0 Å². The van der Waals surface area contributed by atoms with Gasteiger partial charge in [0.05, 0.1) is 6.10 Å². The lowest BCUT2D eigenvalue weighted by atomic mass is 10.2. The van der Waals surface area contributed by atoms with Crippen molar-refractivity contribution < 1.29 is 4.74 Å². The van der Waals surface area contributed by atoms with Gasteiger partial charge in [0, 0.05) is 26.2 Å². The van der Waals surface area contributed by atoms with E-state index in [1.54, 1.807) is 7.11 Å². The van der Waals surface area contributed by atoms with Crippen LogP contribution in [-0.2, 0) is 4.74 Å². The quantitative estimate of drug-likeness (QED) is 0.732. The monoisotopic (exact) mass is 216 g/mol. The molecule has 2 unspecified atom stereocenters. The molecular formula is C7H18Cl2N2O. The number of nitrogens with two attached hydrogens (primary N) is 1. The average Bonchev–Trinajstić information content (AvgIpc) is 2.30. The first-order valence-corrected chi connectivity index (χ1v) is 3.78. The van der Waals surface area contributed by atoms with E-state index in [0.29, 0.717) is 0 Å². The normalized spacial score (nSPS) is 29.2. The van der Waals surface area contributed by atoms with Crippen molar-refractivity contribution in [1.82, 2.24) is 4.90 Å². The van der Waals surface area contributed by atoms with E-state index in [4.69, 9.17) is 10.5 Å². The van der Waals surface area contributed by atoms with Crippen LogP contribution in [0, 0.1) is 0 Å². The largest absolute Gasteiger partial charge is 0.378 e. The molecule has 0 aromatic carbocycles. The number of hydrogen-bond donors (Lipinski definition) is 1. The van der Waals surface area contributed by atoms with Crippen LogP contribution in [0.15, 0.2) is 0 Å². The fourth-order valence-corrected chi connectivity index (χ4v) is 1.39. The Labute approximate surface area is 86.4 Å². The van der Waals surface area contributed by atoms with Crippen LogP contribution in [0.25, 0.3) is 0 Å². The molecule has 0 aliphatic carbocycles. The standard InChI is InChI=1S/C7H16N2O.2ClH/c1-3-9-4-6(8)7(5-9)10-2;;/h6-7H,3-5,8H2,1-2H3;2*1H. The summed E-state index contributed by atoms with van der Waals surface area (Å²) in [5, 5.41) is 0. The van der Waals surface area contributed by atoms with E-state index in [1.807, 2.05) is 0 Å². The molecule has 1 aliphatic rings. The molecule has 1 rings (SSSR count). The summed E-state index contributed by atoms with van der Waals surface area (Å²) in [5.74, 6) is 0. The fourth-order valence-electron chi connectivity index (χ4n) is 1.39. The summed E-state index contributed by atoms with van der Waals surface area (Å²) in [6, 6.07) is 0.213. The molecule has 1 fully saturated rings. The third kappa shape index (κ3) is 3.46. The first kappa shape index (κ1) is 15.0. The molecule has 0 radical (unpaired) electrons. The predicted molar refractivity (Wildman–Crippen MR) is 55.4 cm³/mol. The first-order chi connectivity index (χ1) is 4.77. The van der Waals surface area contributed by atoms with Crippen LogP contribution < -0.4 is 5.73 Å². The van der Waals surface area contributed by atoms with Crippen molar-refractivity contribution in [2.24, 2.45) is 5.73 Å². The molecule has 0 saturated carbocycles. The second-order valence-electron chi connectivity index (χ2n) is 2.79. The molecule has 0 spiro atoms. The molecule has 0 aromatic rings. The van der Waals surface area contributed by atoms with Crippen molar-refractivity contribution in [2.45, 2.75) is 19.1 Å². The van der Waals surface area contributed by atoms with Crippen molar-refractivity contribution in [3.8, 4) is 0 Å². The summed E-state index contributed by atoms with van der Waals surface area (Å²) in [4.78, 5) is 2.30.